The van der Waals surface area contributed by atoms with Gasteiger partial charge in [-0.25, -0.2) is 0 Å². The summed E-state index contributed by atoms with van der Waals surface area (Å²) >= 11 is 0. The van der Waals surface area contributed by atoms with Crippen molar-refractivity contribution < 1.29 is 58.4 Å². The molecule has 0 aromatic carbocycles. The molecule has 0 unspecified atom stereocenters. The highest BCUT2D eigenvalue weighted by molar-refractivity contribution is 5.73. The zero-order valence-electron chi connectivity index (χ0n) is 33.6. The molecule has 0 radical (unpaired) electrons. The number of carbonyl (C=O) groups excluding carboxylic acids is 1. The number of rotatable bonds is 11. The fourth-order valence-corrected chi connectivity index (χ4v) is 9.47. The molecule has 4 fully saturated rings. The SMILES string of the molecule is C=CCN(C)[C@H]1C[C@@H](C)O[C@@H](O[C@@H]2[C@@H](C)[C@H](O[C@H]3C[C@@](C)(OC)[C@@H](O)[C@H](C)O3)[C@@H](C)C(=O)O[C@@H]([C@](C)(O)[C@H](O)CC)[C@@H](C)[C@H]3O[C@]2(C)C[C@H]3C)[C@@H]1O. The molecule has 13 nitrogen and oxygen atoms in total. The van der Waals surface area contributed by atoms with Gasteiger partial charge >= 0.3 is 5.97 Å². The van der Waals surface area contributed by atoms with Crippen LogP contribution in [0.2, 0.25) is 0 Å². The fourth-order valence-electron chi connectivity index (χ4n) is 9.47. The average molecular weight is 744 g/mol. The Kier molecular flexibility index (Phi) is 14.1. The van der Waals surface area contributed by atoms with E-state index in [1.807, 2.05) is 39.6 Å². The third-order valence-electron chi connectivity index (χ3n) is 12.7. The Morgan fingerprint density at radius 2 is 1.73 bits per heavy atom. The summed E-state index contributed by atoms with van der Waals surface area (Å²) in [6.45, 7) is 22.7. The van der Waals surface area contributed by atoms with Crippen LogP contribution in [0, 0.1) is 23.7 Å². The van der Waals surface area contributed by atoms with Crippen LogP contribution in [0.3, 0.4) is 0 Å². The van der Waals surface area contributed by atoms with E-state index in [1.54, 1.807) is 33.8 Å². The van der Waals surface area contributed by atoms with Gasteiger partial charge in [0.05, 0.1) is 53.7 Å². The molecule has 0 saturated carbocycles. The second-order valence-electron chi connectivity index (χ2n) is 17.0. The molecular formula is C39H69NO12. The lowest BCUT2D eigenvalue weighted by Crippen LogP contribution is -2.60. The summed E-state index contributed by atoms with van der Waals surface area (Å²) in [7, 11) is 3.46. The third kappa shape index (κ3) is 8.60. The fraction of sp³-hybridized carbons (Fsp3) is 0.923. The molecule has 4 N–H and O–H groups in total. The third-order valence-corrected chi connectivity index (χ3v) is 12.7. The molecule has 0 amide bonds. The number of carbonyl (C=O) groups is 1. The van der Waals surface area contributed by atoms with Crippen molar-refractivity contribution in [2.45, 2.75) is 185 Å². The first-order valence-electron chi connectivity index (χ1n) is 19.3. The smallest absolute Gasteiger partial charge is 0.311 e. The number of esters is 1. The molecule has 19 atom stereocenters. The molecule has 4 aliphatic rings. The topological polar surface area (TPSA) is 166 Å². The number of aliphatic hydroxyl groups is 4. The summed E-state index contributed by atoms with van der Waals surface area (Å²) in [6.07, 6.45) is -5.82. The predicted molar refractivity (Wildman–Crippen MR) is 193 cm³/mol. The van der Waals surface area contributed by atoms with Gasteiger partial charge in [-0.05, 0) is 73.8 Å². The first-order valence-corrected chi connectivity index (χ1v) is 19.3. The van der Waals surface area contributed by atoms with Crippen LogP contribution in [0.4, 0.5) is 0 Å². The molecule has 0 aromatic rings. The monoisotopic (exact) mass is 743 g/mol. The van der Waals surface area contributed by atoms with Gasteiger partial charge in [0.15, 0.2) is 12.6 Å². The molecule has 13 heteroatoms. The number of ether oxygens (including phenoxy) is 7. The zero-order valence-corrected chi connectivity index (χ0v) is 33.6. The van der Waals surface area contributed by atoms with Gasteiger partial charge < -0.3 is 53.6 Å². The molecule has 0 aliphatic carbocycles. The van der Waals surface area contributed by atoms with Crippen LogP contribution in [0.1, 0.15) is 94.9 Å². The van der Waals surface area contributed by atoms with E-state index in [0.29, 0.717) is 19.4 Å². The summed E-state index contributed by atoms with van der Waals surface area (Å²) in [4.78, 5) is 16.4. The van der Waals surface area contributed by atoms with Crippen LogP contribution in [0.25, 0.3) is 0 Å². The Bertz CT molecular complexity index is 1210. The highest BCUT2D eigenvalue weighted by Gasteiger charge is 2.59. The van der Waals surface area contributed by atoms with Crippen molar-refractivity contribution in [2.24, 2.45) is 23.7 Å². The van der Waals surface area contributed by atoms with Crippen molar-refractivity contribution in [3.05, 3.63) is 12.7 Å². The van der Waals surface area contributed by atoms with Gasteiger partial charge in [0.1, 0.15) is 23.9 Å². The summed E-state index contributed by atoms with van der Waals surface area (Å²) in [5.41, 5.74) is -3.75. The van der Waals surface area contributed by atoms with Gasteiger partial charge in [-0.1, -0.05) is 33.8 Å². The number of nitrogens with zero attached hydrogens (tertiary/aromatic N) is 1. The predicted octanol–water partition coefficient (Wildman–Crippen LogP) is 3.18. The molecule has 4 saturated heterocycles. The van der Waals surface area contributed by atoms with Crippen molar-refractivity contribution in [3.63, 3.8) is 0 Å². The van der Waals surface area contributed by atoms with Crippen LogP contribution >= 0.6 is 0 Å². The molecule has 4 rings (SSSR count). The number of likely N-dealkylation sites (N-methyl/N-ethyl adjacent to an activating group) is 1. The maximum atomic E-state index is 14.3. The average Bonchev–Trinajstić information content (AvgIpc) is 3.40. The maximum Gasteiger partial charge on any atom is 0.311 e. The highest BCUT2D eigenvalue weighted by atomic mass is 16.7. The Balaban J connectivity index is 1.82. The van der Waals surface area contributed by atoms with E-state index in [-0.39, 0.29) is 30.9 Å². The standard InChI is InChI=1S/C39H69NO12/c1-14-16-40(12)26-17-21(4)47-36(29(26)42)51-33-23(6)31(49-28-19-37(9,46-13)32(43)25(8)48-28)24(7)35(44)50-34(39(11,45)27(41)15-2)22(5)30-20(3)18-38(33,10)52-30/h14,20-34,36,41-43,45H,1,15-19H2,2-13H3/t20-,21-,22+,23+,24-,25+,26+,27-,28+,29-,30+,31+,32+,33-,34-,36+,37-,38-,39-/m1/s1. The lowest BCUT2D eigenvalue weighted by molar-refractivity contribution is -0.318. The van der Waals surface area contributed by atoms with Crippen LogP contribution in [-0.4, -0.2) is 142 Å². The molecular weight excluding hydrogens is 674 g/mol. The van der Waals surface area contributed by atoms with Gasteiger partial charge in [0.2, 0.25) is 0 Å². The summed E-state index contributed by atoms with van der Waals surface area (Å²) < 4.78 is 45.3. The van der Waals surface area contributed by atoms with Crippen LogP contribution < -0.4 is 0 Å². The molecule has 52 heavy (non-hydrogen) atoms. The van der Waals surface area contributed by atoms with Crippen LogP contribution in [0.15, 0.2) is 12.7 Å². The van der Waals surface area contributed by atoms with Crippen molar-refractivity contribution in [1.82, 2.24) is 4.90 Å². The Morgan fingerprint density at radius 1 is 1.08 bits per heavy atom. The van der Waals surface area contributed by atoms with Gasteiger partial charge in [0, 0.05) is 38.0 Å². The second kappa shape index (κ2) is 16.9. The lowest BCUT2D eigenvalue weighted by Gasteiger charge is -2.48. The van der Waals surface area contributed by atoms with E-state index in [2.05, 4.69) is 13.5 Å². The molecule has 2 bridgehead atoms. The van der Waals surface area contributed by atoms with Crippen molar-refractivity contribution in [3.8, 4) is 0 Å². The Morgan fingerprint density at radius 3 is 2.33 bits per heavy atom. The van der Waals surface area contributed by atoms with E-state index in [4.69, 9.17) is 33.2 Å². The van der Waals surface area contributed by atoms with Gasteiger partial charge in [-0.2, -0.15) is 0 Å². The molecule has 4 aliphatic heterocycles. The largest absolute Gasteiger partial charge is 0.459 e. The minimum absolute atomic E-state index is 0.0701. The number of hydrogen-bond donors (Lipinski definition) is 4. The quantitative estimate of drug-likeness (QED) is 0.180. The Hall–Kier alpha value is -1.23. The van der Waals surface area contributed by atoms with Crippen molar-refractivity contribution in [1.29, 1.82) is 0 Å². The number of methoxy groups -OCH3 is 1. The highest BCUT2D eigenvalue weighted by Crippen LogP contribution is 2.48. The molecule has 302 valence electrons. The van der Waals surface area contributed by atoms with Gasteiger partial charge in [0.25, 0.3) is 0 Å². The minimum Gasteiger partial charge on any atom is -0.459 e. The van der Waals surface area contributed by atoms with E-state index in [9.17, 15) is 25.2 Å². The van der Waals surface area contributed by atoms with Gasteiger partial charge in [-0.15, -0.1) is 6.58 Å². The van der Waals surface area contributed by atoms with E-state index >= 15 is 0 Å². The first-order chi connectivity index (χ1) is 24.1. The summed E-state index contributed by atoms with van der Waals surface area (Å²) in [5, 5.41) is 45.5. The minimum atomic E-state index is -1.79. The summed E-state index contributed by atoms with van der Waals surface area (Å²) in [5.74, 6) is -2.73. The molecule has 4 heterocycles. The summed E-state index contributed by atoms with van der Waals surface area (Å²) in [6, 6.07) is -0.266. The number of cyclic esters (lactones) is 1. The van der Waals surface area contributed by atoms with E-state index < -0.39 is 102 Å². The van der Waals surface area contributed by atoms with Crippen molar-refractivity contribution >= 4 is 5.97 Å². The number of aliphatic hydroxyl groups excluding tert-OH is 3. The second-order valence-corrected chi connectivity index (χ2v) is 17.0. The van der Waals surface area contributed by atoms with Crippen LogP contribution in [0.5, 0.6) is 0 Å². The lowest BCUT2D eigenvalue weighted by atomic mass is 9.76. The molecule has 0 aromatic heterocycles. The normalized spacial score (nSPS) is 48.0. The van der Waals surface area contributed by atoms with E-state index in [1.165, 1.54) is 14.0 Å². The zero-order chi connectivity index (χ0) is 39.1. The molecule has 0 spiro atoms. The number of fused-ring (bicyclic) bond motifs is 2. The number of hydrogen-bond acceptors (Lipinski definition) is 13. The maximum absolute atomic E-state index is 14.3. The van der Waals surface area contributed by atoms with E-state index in [0.717, 1.165) is 0 Å². The van der Waals surface area contributed by atoms with Crippen LogP contribution in [-0.2, 0) is 38.0 Å². The Labute approximate surface area is 311 Å². The first kappa shape index (κ1) is 43.5. The van der Waals surface area contributed by atoms with Crippen molar-refractivity contribution in [2.75, 3.05) is 20.7 Å². The van der Waals surface area contributed by atoms with Gasteiger partial charge in [-0.3, -0.25) is 9.69 Å².